The van der Waals surface area contributed by atoms with Crippen molar-refractivity contribution in [1.82, 2.24) is 4.57 Å². The van der Waals surface area contributed by atoms with Crippen molar-refractivity contribution in [3.63, 3.8) is 0 Å². The molecule has 2 aromatic rings. The van der Waals surface area contributed by atoms with Gasteiger partial charge in [0.15, 0.2) is 0 Å². The maximum Gasteiger partial charge on any atom is 0.323 e. The highest BCUT2D eigenvalue weighted by Crippen LogP contribution is 2.38. The molecule has 6 heteroatoms. The molecule has 1 aromatic heterocycles. The third kappa shape index (κ3) is 1.62. The number of carboxylic acids is 1. The van der Waals surface area contributed by atoms with Crippen LogP contribution < -0.4 is 9.61 Å². The lowest BCUT2D eigenvalue weighted by atomic mass is 10.1. The molecule has 0 radical (unpaired) electrons. The minimum atomic E-state index is -1.03. The van der Waals surface area contributed by atoms with Crippen LogP contribution in [0.5, 0.6) is 5.75 Å². The average Bonchev–Trinajstić information content (AvgIpc) is 2.66. The number of rotatable bonds is 2. The maximum absolute atomic E-state index is 11.8. The summed E-state index contributed by atoms with van der Waals surface area (Å²) in [4.78, 5) is 23.2. The van der Waals surface area contributed by atoms with E-state index in [-0.39, 0.29) is 11.4 Å². The van der Waals surface area contributed by atoms with Crippen LogP contribution in [0.3, 0.4) is 0 Å². The second kappa shape index (κ2) is 3.99. The highest BCUT2D eigenvalue weighted by atomic mass is 32.1. The Hall–Kier alpha value is -2.08. The van der Waals surface area contributed by atoms with Crippen LogP contribution in [0.25, 0.3) is 11.3 Å². The van der Waals surface area contributed by atoms with Gasteiger partial charge in [0.2, 0.25) is 0 Å². The number of aliphatic carboxylic acids is 1. The molecule has 0 aliphatic carbocycles. The first-order valence-electron chi connectivity index (χ1n) is 5.33. The van der Waals surface area contributed by atoms with Crippen molar-refractivity contribution in [2.45, 2.75) is 13.2 Å². The van der Waals surface area contributed by atoms with Crippen LogP contribution in [-0.2, 0) is 17.9 Å². The molecule has 18 heavy (non-hydrogen) atoms. The summed E-state index contributed by atoms with van der Waals surface area (Å²) < 4.78 is 6.83. The first-order valence-corrected chi connectivity index (χ1v) is 6.15. The average molecular weight is 263 g/mol. The summed E-state index contributed by atoms with van der Waals surface area (Å²) in [7, 11) is 0. The fourth-order valence-electron chi connectivity index (χ4n) is 2.05. The van der Waals surface area contributed by atoms with Gasteiger partial charge in [0, 0.05) is 5.56 Å². The SMILES string of the molecule is O=C(O)Cn1c2c(sc1=O)COc1ccccc1-2. The number of hydrogen-bond acceptors (Lipinski definition) is 4. The monoisotopic (exact) mass is 263 g/mol. The Bertz CT molecular complexity index is 686. The number of carboxylic acid groups (broad SMARTS) is 1. The van der Waals surface area contributed by atoms with E-state index in [1.54, 1.807) is 0 Å². The number of nitrogens with zero attached hydrogens (tertiary/aromatic N) is 1. The molecule has 0 unspecified atom stereocenters. The molecule has 0 amide bonds. The molecule has 1 aromatic carbocycles. The van der Waals surface area contributed by atoms with Gasteiger partial charge < -0.3 is 9.84 Å². The number of benzene rings is 1. The lowest BCUT2D eigenvalue weighted by Gasteiger charge is -2.18. The summed E-state index contributed by atoms with van der Waals surface area (Å²) in [6, 6.07) is 7.32. The molecule has 1 aliphatic heterocycles. The molecular formula is C12H9NO4S. The molecule has 0 fully saturated rings. The first kappa shape index (κ1) is 11.0. The van der Waals surface area contributed by atoms with Gasteiger partial charge in [0.1, 0.15) is 18.9 Å². The van der Waals surface area contributed by atoms with Crippen molar-refractivity contribution in [1.29, 1.82) is 0 Å². The zero-order valence-corrected chi connectivity index (χ0v) is 10.1. The zero-order valence-electron chi connectivity index (χ0n) is 9.25. The minimum Gasteiger partial charge on any atom is -0.487 e. The Morgan fingerprint density at radius 2 is 2.22 bits per heavy atom. The van der Waals surface area contributed by atoms with Crippen molar-refractivity contribution in [2.75, 3.05) is 0 Å². The van der Waals surface area contributed by atoms with Crippen LogP contribution in [0.15, 0.2) is 29.1 Å². The van der Waals surface area contributed by atoms with E-state index in [0.29, 0.717) is 18.1 Å². The fourth-order valence-corrected chi connectivity index (χ4v) is 2.97. The first-order chi connectivity index (χ1) is 8.66. The van der Waals surface area contributed by atoms with E-state index in [2.05, 4.69) is 0 Å². The molecule has 0 atom stereocenters. The Balaban J connectivity index is 2.25. The summed E-state index contributed by atoms with van der Waals surface area (Å²) in [5, 5.41) is 8.87. The maximum atomic E-state index is 11.8. The largest absolute Gasteiger partial charge is 0.487 e. The van der Waals surface area contributed by atoms with Crippen LogP contribution in [-0.4, -0.2) is 15.6 Å². The number of aromatic nitrogens is 1. The minimum absolute atomic E-state index is 0.261. The van der Waals surface area contributed by atoms with Crippen LogP contribution in [0.4, 0.5) is 0 Å². The number of carbonyl (C=O) groups is 1. The second-order valence-corrected chi connectivity index (χ2v) is 4.95. The molecule has 0 bridgehead atoms. The molecule has 1 N–H and O–H groups in total. The van der Waals surface area contributed by atoms with Gasteiger partial charge >= 0.3 is 10.8 Å². The Morgan fingerprint density at radius 1 is 1.44 bits per heavy atom. The van der Waals surface area contributed by atoms with Crippen molar-refractivity contribution in [2.24, 2.45) is 0 Å². The smallest absolute Gasteiger partial charge is 0.323 e. The number of para-hydroxylation sites is 1. The predicted octanol–water partition coefficient (Wildman–Crippen LogP) is 1.55. The van der Waals surface area contributed by atoms with Gasteiger partial charge in [0.25, 0.3) is 0 Å². The third-order valence-electron chi connectivity index (χ3n) is 2.76. The number of ether oxygens (including phenoxy) is 1. The van der Waals surface area contributed by atoms with Crippen molar-refractivity contribution < 1.29 is 14.6 Å². The van der Waals surface area contributed by atoms with Crippen LogP contribution >= 0.6 is 11.3 Å². The molecule has 0 saturated heterocycles. The standard InChI is InChI=1S/C12H9NO4S/c14-10(15)5-13-11-7-3-1-2-4-8(7)17-6-9(11)18-12(13)16/h1-4H,5-6H2,(H,14,15). The topological polar surface area (TPSA) is 68.5 Å². The molecule has 5 nitrogen and oxygen atoms in total. The third-order valence-corrected chi connectivity index (χ3v) is 3.71. The van der Waals surface area contributed by atoms with Crippen LogP contribution in [0, 0.1) is 0 Å². The lowest BCUT2D eigenvalue weighted by Crippen LogP contribution is -2.20. The van der Waals surface area contributed by atoms with E-state index in [9.17, 15) is 9.59 Å². The summed E-state index contributed by atoms with van der Waals surface area (Å²) >= 11 is 1.04. The summed E-state index contributed by atoms with van der Waals surface area (Å²) in [6.07, 6.45) is 0. The normalized spacial score (nSPS) is 12.4. The van der Waals surface area contributed by atoms with Gasteiger partial charge in [-0.3, -0.25) is 14.2 Å². The van der Waals surface area contributed by atoms with Gasteiger partial charge in [-0.25, -0.2) is 0 Å². The van der Waals surface area contributed by atoms with E-state index < -0.39 is 5.97 Å². The Morgan fingerprint density at radius 3 is 3.00 bits per heavy atom. The molecule has 0 saturated carbocycles. The second-order valence-electron chi connectivity index (χ2n) is 3.90. The van der Waals surface area contributed by atoms with E-state index >= 15 is 0 Å². The summed E-state index contributed by atoms with van der Waals surface area (Å²) in [5.74, 6) is -0.344. The van der Waals surface area contributed by atoms with Gasteiger partial charge in [-0.2, -0.15) is 0 Å². The van der Waals surface area contributed by atoms with Gasteiger partial charge in [0.05, 0.1) is 10.6 Å². The zero-order chi connectivity index (χ0) is 12.7. The Labute approximate surface area is 106 Å². The molecule has 2 heterocycles. The lowest BCUT2D eigenvalue weighted by molar-refractivity contribution is -0.137. The Kier molecular flexibility index (Phi) is 2.45. The molecule has 92 valence electrons. The van der Waals surface area contributed by atoms with Crippen molar-refractivity contribution in [3.05, 3.63) is 38.8 Å². The number of fused-ring (bicyclic) bond motifs is 3. The highest BCUT2D eigenvalue weighted by Gasteiger charge is 2.24. The van der Waals surface area contributed by atoms with Crippen LogP contribution in [0.2, 0.25) is 0 Å². The van der Waals surface area contributed by atoms with Gasteiger partial charge in [-0.15, -0.1) is 0 Å². The molecule has 3 rings (SSSR count). The summed E-state index contributed by atoms with van der Waals surface area (Å²) in [6.45, 7) is -0.00211. The summed E-state index contributed by atoms with van der Waals surface area (Å²) in [5.41, 5.74) is 1.45. The molecule has 1 aliphatic rings. The predicted molar refractivity (Wildman–Crippen MR) is 66.0 cm³/mol. The fraction of sp³-hybridized carbons (Fsp3) is 0.167. The van der Waals surface area contributed by atoms with Gasteiger partial charge in [-0.05, 0) is 12.1 Å². The molecular weight excluding hydrogens is 254 g/mol. The quantitative estimate of drug-likeness (QED) is 0.892. The highest BCUT2D eigenvalue weighted by molar-refractivity contribution is 7.09. The molecule has 0 spiro atoms. The van der Waals surface area contributed by atoms with Gasteiger partial charge in [-0.1, -0.05) is 23.5 Å². The number of hydrogen-bond donors (Lipinski definition) is 1. The van der Waals surface area contributed by atoms with Crippen LogP contribution in [0.1, 0.15) is 4.88 Å². The van der Waals surface area contributed by atoms with E-state index in [0.717, 1.165) is 21.8 Å². The van der Waals surface area contributed by atoms with E-state index in [1.807, 2.05) is 24.3 Å². The van der Waals surface area contributed by atoms with Crippen molar-refractivity contribution >= 4 is 17.3 Å². The van der Waals surface area contributed by atoms with E-state index in [1.165, 1.54) is 4.57 Å². The number of thiazole rings is 1. The van der Waals surface area contributed by atoms with E-state index in [4.69, 9.17) is 9.84 Å². The van der Waals surface area contributed by atoms with Crippen molar-refractivity contribution in [3.8, 4) is 17.0 Å².